The zero-order chi connectivity index (χ0) is 20.7. The molecule has 10 heteroatoms. The predicted octanol–water partition coefficient (Wildman–Crippen LogP) is 3.69. The molecule has 1 saturated heterocycles. The molecule has 0 spiro atoms. The number of para-hydroxylation sites is 1. The Balaban J connectivity index is 1.77. The first-order chi connectivity index (χ1) is 13.9. The monoisotopic (exact) mass is 447 g/mol. The summed E-state index contributed by atoms with van der Waals surface area (Å²) in [5, 5.41) is 12.6. The zero-order valence-corrected chi connectivity index (χ0v) is 16.8. The molecule has 2 N–H and O–H groups in total. The molecule has 2 aromatic carbocycles. The molecular formula is C19H11Cl2N3O4S. The highest BCUT2D eigenvalue weighted by Crippen LogP contribution is 2.43. The van der Waals surface area contributed by atoms with Gasteiger partial charge in [-0.05, 0) is 30.0 Å². The lowest BCUT2D eigenvalue weighted by Gasteiger charge is -2.13. The first-order valence-electron chi connectivity index (χ1n) is 8.26. The maximum absolute atomic E-state index is 12.9. The summed E-state index contributed by atoms with van der Waals surface area (Å²) in [5.74, 6) is -2.20. The van der Waals surface area contributed by atoms with Gasteiger partial charge in [0, 0.05) is 5.56 Å². The van der Waals surface area contributed by atoms with E-state index in [0.29, 0.717) is 22.0 Å². The van der Waals surface area contributed by atoms with E-state index in [2.05, 4.69) is 10.3 Å². The van der Waals surface area contributed by atoms with Gasteiger partial charge in [-0.2, -0.15) is 0 Å². The minimum atomic E-state index is -1.15. The summed E-state index contributed by atoms with van der Waals surface area (Å²) in [6.45, 7) is -0.502. The van der Waals surface area contributed by atoms with Gasteiger partial charge in [-0.1, -0.05) is 47.5 Å². The maximum Gasteiger partial charge on any atom is 0.323 e. The van der Waals surface area contributed by atoms with E-state index in [4.69, 9.17) is 28.3 Å². The van der Waals surface area contributed by atoms with E-state index in [1.54, 1.807) is 42.5 Å². The van der Waals surface area contributed by atoms with Gasteiger partial charge < -0.3 is 10.4 Å². The average molecular weight is 448 g/mol. The molecule has 0 atom stereocenters. The number of aliphatic carboxylic acids is 1. The Hall–Kier alpha value is -2.81. The number of hydrogen-bond acceptors (Lipinski definition) is 5. The third kappa shape index (κ3) is 3.50. The summed E-state index contributed by atoms with van der Waals surface area (Å²) in [4.78, 5) is 42.3. The van der Waals surface area contributed by atoms with Crippen molar-refractivity contribution >= 4 is 74.9 Å². The Morgan fingerprint density at radius 1 is 1.14 bits per heavy atom. The van der Waals surface area contributed by atoms with Gasteiger partial charge in [0.15, 0.2) is 5.17 Å². The number of hydrogen-bond donors (Lipinski definition) is 2. The van der Waals surface area contributed by atoms with Gasteiger partial charge in [-0.3, -0.25) is 19.3 Å². The zero-order valence-electron chi connectivity index (χ0n) is 14.5. The summed E-state index contributed by atoms with van der Waals surface area (Å²) < 4.78 is 0. The number of amidine groups is 1. The van der Waals surface area contributed by atoms with Gasteiger partial charge >= 0.3 is 5.97 Å². The summed E-state index contributed by atoms with van der Waals surface area (Å²) in [7, 11) is 0. The van der Waals surface area contributed by atoms with Crippen molar-refractivity contribution in [1.29, 1.82) is 0 Å². The highest BCUT2D eigenvalue weighted by atomic mass is 35.5. The Morgan fingerprint density at radius 2 is 1.90 bits per heavy atom. The molecular weight excluding hydrogens is 437 g/mol. The number of rotatable bonds is 3. The molecule has 0 radical (unpaired) electrons. The number of anilines is 1. The molecule has 7 nitrogen and oxygen atoms in total. The summed E-state index contributed by atoms with van der Waals surface area (Å²) in [6.07, 6.45) is 0. The fourth-order valence-corrected chi connectivity index (χ4v) is 4.28. The van der Waals surface area contributed by atoms with Crippen LogP contribution in [0.15, 0.2) is 52.4 Å². The minimum Gasteiger partial charge on any atom is -0.480 e. The van der Waals surface area contributed by atoms with Crippen molar-refractivity contribution < 1.29 is 19.5 Å². The molecule has 1 fully saturated rings. The van der Waals surface area contributed by atoms with Crippen molar-refractivity contribution in [2.75, 3.05) is 11.4 Å². The van der Waals surface area contributed by atoms with E-state index in [0.717, 1.165) is 16.7 Å². The molecule has 146 valence electrons. The average Bonchev–Trinajstić information content (AvgIpc) is 3.16. The number of halogens is 2. The predicted molar refractivity (Wildman–Crippen MR) is 113 cm³/mol. The molecule has 0 aromatic heterocycles. The number of carboxylic acid groups (broad SMARTS) is 1. The first-order valence-corrected chi connectivity index (χ1v) is 9.83. The Bertz CT molecular complexity index is 1150. The van der Waals surface area contributed by atoms with Gasteiger partial charge in [0.05, 0.1) is 31.9 Å². The van der Waals surface area contributed by atoms with E-state index >= 15 is 0 Å². The van der Waals surface area contributed by atoms with Crippen molar-refractivity contribution in [2.45, 2.75) is 0 Å². The number of benzene rings is 2. The van der Waals surface area contributed by atoms with Crippen LogP contribution in [-0.4, -0.2) is 34.6 Å². The molecule has 0 bridgehead atoms. The van der Waals surface area contributed by atoms with Crippen LogP contribution in [0.2, 0.25) is 10.0 Å². The minimum absolute atomic E-state index is 0.145. The van der Waals surface area contributed by atoms with Crippen molar-refractivity contribution in [1.82, 2.24) is 5.32 Å². The van der Waals surface area contributed by atoms with Crippen LogP contribution in [0.1, 0.15) is 5.56 Å². The fourth-order valence-electron chi connectivity index (χ4n) is 3.02. The second-order valence-corrected chi connectivity index (χ2v) is 7.84. The topological polar surface area (TPSA) is 99.1 Å². The Kier molecular flexibility index (Phi) is 5.08. The lowest BCUT2D eigenvalue weighted by Crippen LogP contribution is -2.32. The number of nitrogens with zero attached hydrogens (tertiary/aromatic N) is 2. The molecule has 29 heavy (non-hydrogen) atoms. The van der Waals surface area contributed by atoms with E-state index in [9.17, 15) is 14.4 Å². The van der Waals surface area contributed by atoms with Crippen LogP contribution in [-0.2, 0) is 14.4 Å². The maximum atomic E-state index is 12.9. The molecule has 4 rings (SSSR count). The van der Waals surface area contributed by atoms with Gasteiger partial charge in [-0.15, -0.1) is 0 Å². The highest BCUT2D eigenvalue weighted by Gasteiger charge is 2.39. The van der Waals surface area contributed by atoms with E-state index in [-0.39, 0.29) is 20.7 Å². The van der Waals surface area contributed by atoms with E-state index in [1.165, 1.54) is 0 Å². The van der Waals surface area contributed by atoms with E-state index < -0.39 is 24.3 Å². The van der Waals surface area contributed by atoms with Crippen LogP contribution in [0.25, 0.3) is 5.57 Å². The van der Waals surface area contributed by atoms with Gasteiger partial charge in [0.25, 0.3) is 11.8 Å². The van der Waals surface area contributed by atoms with Gasteiger partial charge in [0.1, 0.15) is 6.54 Å². The Morgan fingerprint density at radius 3 is 2.66 bits per heavy atom. The lowest BCUT2D eigenvalue weighted by atomic mass is 10.1. The molecule has 2 aliphatic rings. The second kappa shape index (κ2) is 7.55. The van der Waals surface area contributed by atoms with Gasteiger partial charge in [0.2, 0.25) is 0 Å². The molecule has 0 aliphatic carbocycles. The van der Waals surface area contributed by atoms with Gasteiger partial charge in [-0.25, -0.2) is 4.99 Å². The molecule has 2 aromatic rings. The van der Waals surface area contributed by atoms with Crippen molar-refractivity contribution in [2.24, 2.45) is 4.99 Å². The number of carboxylic acids is 1. The number of carbonyl (C=O) groups is 3. The summed E-state index contributed by atoms with van der Waals surface area (Å²) in [6, 6.07) is 11.7. The number of nitrogens with one attached hydrogen (secondary N) is 1. The van der Waals surface area contributed by atoms with Crippen molar-refractivity contribution in [3.05, 3.63) is 63.0 Å². The summed E-state index contributed by atoms with van der Waals surface area (Å²) >= 11 is 13.1. The molecule has 0 saturated carbocycles. The number of amides is 2. The van der Waals surface area contributed by atoms with E-state index in [1.807, 2.05) is 0 Å². The molecule has 0 unspecified atom stereocenters. The fraction of sp³-hybridized carbons (Fsp3) is 0.0526. The SMILES string of the molecule is O=C(O)CN1C(=O)/C(=C2\SC(=Nc3cccc(Cl)c3Cl)NC2=O)c2ccccc21. The Labute approximate surface area is 179 Å². The number of thioether (sulfide) groups is 1. The van der Waals surface area contributed by atoms with Crippen LogP contribution in [0, 0.1) is 0 Å². The highest BCUT2D eigenvalue weighted by molar-refractivity contribution is 8.18. The standard InChI is InChI=1S/C19H11Cl2N3O4S/c20-10-5-3-6-11(15(10)21)22-19-23-17(27)16(29-19)14-9-4-1-2-7-12(9)24(18(14)28)8-13(25)26/h1-7H,8H2,(H,25,26)(H,22,23,27)/b16-14-. The third-order valence-corrected chi connectivity index (χ3v) is 6.01. The number of carbonyl (C=O) groups excluding carboxylic acids is 2. The largest absolute Gasteiger partial charge is 0.480 e. The van der Waals surface area contributed by atoms with Crippen LogP contribution in [0.4, 0.5) is 11.4 Å². The normalized spacial score (nSPS) is 19.7. The number of aliphatic imine (C=N–C) groups is 1. The van der Waals surface area contributed by atoms with Crippen LogP contribution < -0.4 is 10.2 Å². The molecule has 2 amide bonds. The van der Waals surface area contributed by atoms with Crippen LogP contribution in [0.3, 0.4) is 0 Å². The molecule has 2 aliphatic heterocycles. The second-order valence-electron chi connectivity index (χ2n) is 6.05. The van der Waals surface area contributed by atoms with Crippen molar-refractivity contribution in [3.8, 4) is 0 Å². The van der Waals surface area contributed by atoms with Crippen molar-refractivity contribution in [3.63, 3.8) is 0 Å². The van der Waals surface area contributed by atoms with Crippen LogP contribution in [0.5, 0.6) is 0 Å². The number of fused-ring (bicyclic) bond motifs is 1. The third-order valence-electron chi connectivity index (χ3n) is 4.22. The summed E-state index contributed by atoms with van der Waals surface area (Å²) in [5.41, 5.74) is 1.46. The first kappa shape index (κ1) is 19.5. The lowest BCUT2D eigenvalue weighted by molar-refractivity contribution is -0.136. The smallest absolute Gasteiger partial charge is 0.323 e. The van der Waals surface area contributed by atoms with Crippen LogP contribution >= 0.6 is 35.0 Å². The molecule has 2 heterocycles. The quantitative estimate of drug-likeness (QED) is 0.698.